The normalized spacial score (nSPS) is 16.1. The van der Waals surface area contributed by atoms with Crippen molar-refractivity contribution in [1.82, 2.24) is 15.5 Å². The third kappa shape index (κ3) is 6.03. The van der Waals surface area contributed by atoms with Crippen LogP contribution in [0, 0.1) is 0 Å². The van der Waals surface area contributed by atoms with Crippen molar-refractivity contribution in [2.75, 3.05) is 13.1 Å². The minimum atomic E-state index is -0.586. The average Bonchev–Trinajstić information content (AvgIpc) is 2.76. The number of rotatable bonds is 7. The zero-order valence-corrected chi connectivity index (χ0v) is 17.1. The van der Waals surface area contributed by atoms with Gasteiger partial charge >= 0.3 is 0 Å². The topological polar surface area (TPSA) is 61.4 Å². The molecule has 0 saturated carbocycles. The van der Waals surface area contributed by atoms with Crippen molar-refractivity contribution in [3.8, 4) is 0 Å². The molecule has 1 aliphatic rings. The van der Waals surface area contributed by atoms with Crippen molar-refractivity contribution >= 4 is 17.9 Å². The Morgan fingerprint density at radius 1 is 1.03 bits per heavy atom. The van der Waals surface area contributed by atoms with Gasteiger partial charge in [0.25, 0.3) is 0 Å². The van der Waals surface area contributed by atoms with Gasteiger partial charge in [-0.15, -0.1) is 0 Å². The third-order valence-electron chi connectivity index (χ3n) is 5.33. The lowest BCUT2D eigenvalue weighted by Gasteiger charge is -2.34. The molecule has 5 nitrogen and oxygen atoms in total. The molecule has 29 heavy (non-hydrogen) atoms. The van der Waals surface area contributed by atoms with E-state index in [0.29, 0.717) is 6.54 Å². The molecule has 2 aromatic rings. The number of hydrogen-bond acceptors (Lipinski definition) is 3. The third-order valence-corrected chi connectivity index (χ3v) is 5.33. The van der Waals surface area contributed by atoms with Crippen LogP contribution >= 0.6 is 0 Å². The largest absolute Gasteiger partial charge is 0.353 e. The minimum Gasteiger partial charge on any atom is -0.353 e. The van der Waals surface area contributed by atoms with Crippen molar-refractivity contribution in [3.63, 3.8) is 0 Å². The van der Waals surface area contributed by atoms with Gasteiger partial charge in [-0.2, -0.15) is 0 Å². The highest BCUT2D eigenvalue weighted by molar-refractivity contribution is 5.95. The quantitative estimate of drug-likeness (QED) is 0.714. The molecule has 2 aromatic carbocycles. The predicted octanol–water partition coefficient (Wildman–Crippen LogP) is 2.77. The maximum Gasteiger partial charge on any atom is 0.244 e. The Balaban J connectivity index is 1.42. The smallest absolute Gasteiger partial charge is 0.244 e. The first-order valence-electron chi connectivity index (χ1n) is 10.1. The molecular weight excluding hydrogens is 362 g/mol. The lowest BCUT2D eigenvalue weighted by atomic mass is 9.99. The molecule has 0 spiro atoms. The maximum atomic E-state index is 12.4. The van der Waals surface area contributed by atoms with E-state index < -0.39 is 6.04 Å². The molecule has 2 atom stereocenters. The zero-order chi connectivity index (χ0) is 20.6. The van der Waals surface area contributed by atoms with E-state index in [0.717, 1.165) is 25.1 Å². The number of hydrogen-bond donors (Lipinski definition) is 2. The first kappa shape index (κ1) is 20.8. The fourth-order valence-corrected chi connectivity index (χ4v) is 3.49. The van der Waals surface area contributed by atoms with E-state index in [1.807, 2.05) is 30.3 Å². The van der Waals surface area contributed by atoms with E-state index in [1.165, 1.54) is 17.2 Å². The van der Waals surface area contributed by atoms with Crippen molar-refractivity contribution in [2.24, 2.45) is 0 Å². The minimum absolute atomic E-state index is 0.171. The Morgan fingerprint density at radius 3 is 2.48 bits per heavy atom. The molecule has 0 bridgehead atoms. The second kappa shape index (κ2) is 10.0. The highest BCUT2D eigenvalue weighted by Gasteiger charge is 2.21. The first-order valence-corrected chi connectivity index (χ1v) is 10.1. The summed E-state index contributed by atoms with van der Waals surface area (Å²) in [6.45, 7) is 6.28. The summed E-state index contributed by atoms with van der Waals surface area (Å²) in [6.07, 6.45) is 4.22. The molecule has 152 valence electrons. The molecule has 1 heterocycles. The van der Waals surface area contributed by atoms with Crippen molar-refractivity contribution in [1.29, 1.82) is 0 Å². The van der Waals surface area contributed by atoms with E-state index in [2.05, 4.69) is 46.7 Å². The molecular formula is C24H29N3O2. The molecule has 0 aromatic heterocycles. The number of carbonyl (C=O) groups excluding carboxylic acids is 2. The van der Waals surface area contributed by atoms with Crippen LogP contribution in [0.3, 0.4) is 0 Å². The molecule has 0 saturated heterocycles. The van der Waals surface area contributed by atoms with Crippen molar-refractivity contribution < 1.29 is 9.59 Å². The summed E-state index contributed by atoms with van der Waals surface area (Å²) in [5.74, 6) is -0.451. The van der Waals surface area contributed by atoms with Crippen molar-refractivity contribution in [3.05, 3.63) is 77.4 Å². The second-order valence-corrected chi connectivity index (χ2v) is 7.56. The monoisotopic (exact) mass is 391 g/mol. The number of amides is 2. The lowest BCUT2D eigenvalue weighted by Crippen LogP contribution is -2.49. The summed E-state index contributed by atoms with van der Waals surface area (Å²) in [7, 11) is 0. The fraction of sp³-hybridized carbons (Fsp3) is 0.333. The van der Waals surface area contributed by atoms with E-state index in [-0.39, 0.29) is 17.9 Å². The average molecular weight is 392 g/mol. The summed E-state index contributed by atoms with van der Waals surface area (Å²) >= 11 is 0. The molecule has 5 heteroatoms. The predicted molar refractivity (Wildman–Crippen MR) is 116 cm³/mol. The summed E-state index contributed by atoms with van der Waals surface area (Å²) in [4.78, 5) is 26.8. The first-order chi connectivity index (χ1) is 14.0. The number of nitrogens with zero attached hydrogens (tertiary/aromatic N) is 1. The number of fused-ring (bicyclic) bond motifs is 1. The van der Waals surface area contributed by atoms with Crippen LogP contribution in [-0.2, 0) is 22.6 Å². The molecule has 2 N–H and O–H groups in total. The number of carbonyl (C=O) groups is 2. The Morgan fingerprint density at radius 2 is 1.72 bits per heavy atom. The Labute approximate surface area is 172 Å². The van der Waals surface area contributed by atoms with Gasteiger partial charge in [-0.1, -0.05) is 54.6 Å². The molecule has 1 aliphatic heterocycles. The van der Waals surface area contributed by atoms with Gasteiger partial charge in [0.1, 0.15) is 6.04 Å². The second-order valence-electron chi connectivity index (χ2n) is 7.56. The van der Waals surface area contributed by atoms with Crippen LogP contribution in [0.4, 0.5) is 0 Å². The molecule has 2 unspecified atom stereocenters. The van der Waals surface area contributed by atoms with Crippen LogP contribution in [-0.4, -0.2) is 41.9 Å². The van der Waals surface area contributed by atoms with Gasteiger partial charge < -0.3 is 10.6 Å². The Kier molecular flexibility index (Phi) is 7.19. The van der Waals surface area contributed by atoms with Gasteiger partial charge in [0.2, 0.25) is 11.8 Å². The molecule has 0 radical (unpaired) electrons. The molecule has 3 rings (SSSR count). The maximum absolute atomic E-state index is 12.4. The van der Waals surface area contributed by atoms with E-state index in [1.54, 1.807) is 13.0 Å². The lowest BCUT2D eigenvalue weighted by molar-refractivity contribution is -0.126. The summed E-state index contributed by atoms with van der Waals surface area (Å²) in [5.41, 5.74) is 3.72. The van der Waals surface area contributed by atoms with E-state index in [9.17, 15) is 9.59 Å². The highest BCUT2D eigenvalue weighted by Crippen LogP contribution is 2.19. The number of benzene rings is 2. The van der Waals surface area contributed by atoms with Crippen LogP contribution in [0.5, 0.6) is 0 Å². The summed E-state index contributed by atoms with van der Waals surface area (Å²) in [6, 6.07) is 17.8. The molecule has 0 aliphatic carbocycles. The standard InChI is InChI=1S/C24H29N3O2/c1-18(27-15-14-21-10-6-7-11-22(21)17-27)16-25-24(29)19(2)26-23(28)13-12-20-8-4-3-5-9-20/h3-13,18-19H,14-17H2,1-2H3,(H,25,29)(H,26,28)/b13-12+. The highest BCUT2D eigenvalue weighted by atomic mass is 16.2. The van der Waals surface area contributed by atoms with E-state index in [4.69, 9.17) is 0 Å². The van der Waals surface area contributed by atoms with Gasteiger partial charge in [0.15, 0.2) is 0 Å². The van der Waals surface area contributed by atoms with Gasteiger partial charge in [0.05, 0.1) is 0 Å². The van der Waals surface area contributed by atoms with Crippen LogP contribution in [0.1, 0.15) is 30.5 Å². The SMILES string of the molecule is CC(NC(=O)/C=C/c1ccccc1)C(=O)NCC(C)N1CCc2ccccc2C1. The van der Waals surface area contributed by atoms with Crippen LogP contribution in [0.25, 0.3) is 6.08 Å². The van der Waals surface area contributed by atoms with Crippen molar-refractivity contribution in [2.45, 2.75) is 38.9 Å². The molecule has 2 amide bonds. The number of nitrogens with one attached hydrogen (secondary N) is 2. The Bertz CT molecular complexity index is 863. The van der Waals surface area contributed by atoms with Gasteiger partial charge in [0, 0.05) is 31.8 Å². The zero-order valence-electron chi connectivity index (χ0n) is 17.1. The van der Waals surface area contributed by atoms with Crippen LogP contribution < -0.4 is 10.6 Å². The van der Waals surface area contributed by atoms with Crippen LogP contribution in [0.2, 0.25) is 0 Å². The fourth-order valence-electron chi connectivity index (χ4n) is 3.49. The summed E-state index contributed by atoms with van der Waals surface area (Å²) in [5, 5.41) is 5.68. The molecule has 0 fully saturated rings. The Hall–Kier alpha value is -2.92. The summed E-state index contributed by atoms with van der Waals surface area (Å²) < 4.78 is 0. The van der Waals surface area contributed by atoms with Crippen LogP contribution in [0.15, 0.2) is 60.7 Å². The van der Waals surface area contributed by atoms with Gasteiger partial charge in [-0.3, -0.25) is 14.5 Å². The van der Waals surface area contributed by atoms with Gasteiger partial charge in [-0.05, 0) is 43.0 Å². The van der Waals surface area contributed by atoms with Gasteiger partial charge in [-0.25, -0.2) is 0 Å². The van der Waals surface area contributed by atoms with E-state index >= 15 is 0 Å².